The van der Waals surface area contributed by atoms with Crippen molar-refractivity contribution >= 4 is 13.8 Å². The first kappa shape index (κ1) is 16.8. The van der Waals surface area contributed by atoms with E-state index < -0.39 is 8.38 Å². The molecule has 2 N–H and O–H groups in total. The van der Waals surface area contributed by atoms with Crippen LogP contribution in [-0.4, -0.2) is 15.2 Å². The second-order valence-corrected chi connectivity index (χ2v) is 6.26. The van der Waals surface area contributed by atoms with E-state index in [4.69, 9.17) is 4.99 Å². The average molecular weight is 315 g/mol. The number of rotatable bonds is 7. The predicted molar refractivity (Wildman–Crippen MR) is 93.0 cm³/mol. The molecule has 0 atom stereocenters. The van der Waals surface area contributed by atoms with Crippen LogP contribution >= 0.6 is 8.38 Å². The highest BCUT2D eigenvalue weighted by molar-refractivity contribution is 7.64. The third kappa shape index (κ3) is 4.74. The predicted octanol–water partition coefficient (Wildman–Crippen LogP) is 4.66. The van der Waals surface area contributed by atoms with Gasteiger partial charge in [-0.05, 0) is 24.0 Å². The van der Waals surface area contributed by atoms with Gasteiger partial charge in [0, 0.05) is 0 Å². The second kappa shape index (κ2) is 8.79. The van der Waals surface area contributed by atoms with Crippen molar-refractivity contribution in [1.82, 2.24) is 0 Å². The van der Waals surface area contributed by atoms with E-state index in [2.05, 4.69) is 6.92 Å². The summed E-state index contributed by atoms with van der Waals surface area (Å²) in [5, 5.41) is 0. The summed E-state index contributed by atoms with van der Waals surface area (Å²) in [6.45, 7) is 2.08. The van der Waals surface area contributed by atoms with E-state index in [9.17, 15) is 9.79 Å². The van der Waals surface area contributed by atoms with Crippen molar-refractivity contribution in [3.63, 3.8) is 0 Å². The summed E-state index contributed by atoms with van der Waals surface area (Å²) in [6.07, 6.45) is 2.55. The lowest BCUT2D eigenvalue weighted by atomic mass is 9.99. The van der Waals surface area contributed by atoms with Crippen molar-refractivity contribution < 1.29 is 9.79 Å². The third-order valence-electron chi connectivity index (χ3n) is 3.49. The molecule has 0 aromatic heterocycles. The lowest BCUT2D eigenvalue weighted by Gasteiger charge is -2.17. The fourth-order valence-corrected chi connectivity index (χ4v) is 2.89. The van der Waals surface area contributed by atoms with E-state index in [1.165, 1.54) is 0 Å². The summed E-state index contributed by atoms with van der Waals surface area (Å²) >= 11 is 0. The molecule has 0 heterocycles. The minimum absolute atomic E-state index is 0.196. The molecule has 4 heteroatoms. The van der Waals surface area contributed by atoms with Crippen LogP contribution in [0.15, 0.2) is 65.7 Å². The van der Waals surface area contributed by atoms with Gasteiger partial charge in [0.1, 0.15) is 6.04 Å². The Balaban J connectivity index is 2.40. The van der Waals surface area contributed by atoms with Crippen LogP contribution in [0, 0.1) is 0 Å². The Kier molecular flexibility index (Phi) is 6.73. The largest absolute Gasteiger partial charge is 0.346 e. The van der Waals surface area contributed by atoms with Gasteiger partial charge in [0.05, 0.1) is 5.45 Å². The molecule has 2 aromatic carbocycles. The van der Waals surface area contributed by atoms with E-state index in [1.807, 2.05) is 60.7 Å². The van der Waals surface area contributed by atoms with Crippen LogP contribution in [0.1, 0.15) is 43.4 Å². The van der Waals surface area contributed by atoms with Crippen LogP contribution in [0.2, 0.25) is 0 Å². The van der Waals surface area contributed by atoms with Crippen LogP contribution < -0.4 is 0 Å². The van der Waals surface area contributed by atoms with Gasteiger partial charge in [0.25, 0.3) is 0 Å². The van der Waals surface area contributed by atoms with Crippen molar-refractivity contribution in [1.29, 1.82) is 0 Å². The summed E-state index contributed by atoms with van der Waals surface area (Å²) in [5.41, 5.74) is 2.62. The molecule has 2 aromatic rings. The number of hydrogen-bond acceptors (Lipinski definition) is 3. The molecule has 0 amide bonds. The second-order valence-electron chi connectivity index (χ2n) is 5.16. The molecule has 0 fully saturated rings. The summed E-state index contributed by atoms with van der Waals surface area (Å²) in [6, 6.07) is 19.8. The Bertz CT molecular complexity index is 545. The summed E-state index contributed by atoms with van der Waals surface area (Å²) in [4.78, 5) is 24.0. The van der Waals surface area contributed by atoms with Gasteiger partial charge >= 0.3 is 0 Å². The van der Waals surface area contributed by atoms with Gasteiger partial charge in [-0.15, -0.1) is 0 Å². The summed E-state index contributed by atoms with van der Waals surface area (Å²) < 4.78 is 0. The molecule has 0 radical (unpaired) electrons. The highest BCUT2D eigenvalue weighted by Gasteiger charge is 2.17. The van der Waals surface area contributed by atoms with Crippen molar-refractivity contribution in [3.05, 3.63) is 71.8 Å². The van der Waals surface area contributed by atoms with Crippen molar-refractivity contribution in [2.75, 3.05) is 0 Å². The fraction of sp³-hybridized carbons (Fsp3) is 0.278. The Morgan fingerprint density at radius 3 is 1.86 bits per heavy atom. The lowest BCUT2D eigenvalue weighted by molar-refractivity contribution is 0.498. The molecule has 0 saturated heterocycles. The highest BCUT2D eigenvalue weighted by Crippen LogP contribution is 2.34. The lowest BCUT2D eigenvalue weighted by Crippen LogP contribution is -2.04. The Labute approximate surface area is 133 Å². The highest BCUT2D eigenvalue weighted by atomic mass is 31.2. The van der Waals surface area contributed by atoms with Crippen molar-refractivity contribution in [2.24, 2.45) is 4.99 Å². The van der Waals surface area contributed by atoms with E-state index in [-0.39, 0.29) is 6.04 Å². The van der Waals surface area contributed by atoms with Crippen LogP contribution in [0.4, 0.5) is 0 Å². The van der Waals surface area contributed by atoms with Crippen LogP contribution in [0.25, 0.3) is 0 Å². The number of unbranched alkanes of at least 4 members (excludes halogenated alkanes) is 1. The Morgan fingerprint density at radius 1 is 0.955 bits per heavy atom. The molecule has 2 rings (SSSR count). The SMILES string of the molecule is CCCCC(=NC(c1ccccc1)c1ccccc1)P(O)O. The monoisotopic (exact) mass is 315 g/mol. The molecule has 3 nitrogen and oxygen atoms in total. The zero-order valence-electron chi connectivity index (χ0n) is 12.8. The average Bonchev–Trinajstić information content (AvgIpc) is 2.56. The molecule has 0 unspecified atom stereocenters. The maximum absolute atomic E-state index is 9.67. The van der Waals surface area contributed by atoms with Gasteiger partial charge in [0.15, 0.2) is 0 Å². The van der Waals surface area contributed by atoms with Crippen LogP contribution in [-0.2, 0) is 0 Å². The van der Waals surface area contributed by atoms with Crippen molar-refractivity contribution in [3.8, 4) is 0 Å². The first-order chi connectivity index (χ1) is 10.7. The smallest absolute Gasteiger partial charge is 0.214 e. The van der Waals surface area contributed by atoms with E-state index in [1.54, 1.807) is 0 Å². The molecular weight excluding hydrogens is 293 g/mol. The first-order valence-corrected chi connectivity index (χ1v) is 8.81. The third-order valence-corrected chi connectivity index (χ3v) is 4.29. The van der Waals surface area contributed by atoms with E-state index in [0.717, 1.165) is 24.0 Å². The van der Waals surface area contributed by atoms with Gasteiger partial charge in [-0.25, -0.2) is 0 Å². The molecule has 0 aliphatic heterocycles. The first-order valence-electron chi connectivity index (χ1n) is 7.56. The van der Waals surface area contributed by atoms with Crippen LogP contribution in [0.5, 0.6) is 0 Å². The molecule has 0 bridgehead atoms. The number of hydrogen-bond donors (Lipinski definition) is 2. The standard InChI is InChI=1S/C18H22NO2P/c1-2-3-14-17(22(20)21)19-18(15-10-6-4-7-11-15)16-12-8-5-9-13-16/h4-13,18,20-21H,2-3,14H2,1H3. The normalized spacial score (nSPS) is 12.1. The minimum atomic E-state index is -2.14. The minimum Gasteiger partial charge on any atom is -0.346 e. The maximum atomic E-state index is 9.67. The molecule has 0 saturated carbocycles. The van der Waals surface area contributed by atoms with Crippen molar-refractivity contribution in [2.45, 2.75) is 32.2 Å². The van der Waals surface area contributed by atoms with Gasteiger partial charge in [-0.1, -0.05) is 74.0 Å². The maximum Gasteiger partial charge on any atom is 0.214 e. The van der Waals surface area contributed by atoms with E-state index >= 15 is 0 Å². The zero-order chi connectivity index (χ0) is 15.8. The fourth-order valence-electron chi connectivity index (χ4n) is 2.31. The quantitative estimate of drug-likeness (QED) is 0.576. The summed E-state index contributed by atoms with van der Waals surface area (Å²) in [5.74, 6) is 0. The summed E-state index contributed by atoms with van der Waals surface area (Å²) in [7, 11) is -2.14. The van der Waals surface area contributed by atoms with E-state index in [0.29, 0.717) is 11.9 Å². The van der Waals surface area contributed by atoms with Gasteiger partial charge in [-0.3, -0.25) is 4.99 Å². The Hall–Kier alpha value is -1.54. The molecule has 0 spiro atoms. The Morgan fingerprint density at radius 2 is 1.45 bits per heavy atom. The molecule has 0 aliphatic carbocycles. The van der Waals surface area contributed by atoms with Crippen LogP contribution in [0.3, 0.4) is 0 Å². The topological polar surface area (TPSA) is 52.8 Å². The molecule has 116 valence electrons. The number of benzene rings is 2. The zero-order valence-corrected chi connectivity index (χ0v) is 13.7. The molecule has 0 aliphatic rings. The van der Waals surface area contributed by atoms with Gasteiger partial charge < -0.3 is 9.79 Å². The molecular formula is C18H22NO2P. The number of nitrogens with zero attached hydrogens (tertiary/aromatic N) is 1. The van der Waals surface area contributed by atoms with Gasteiger partial charge in [0.2, 0.25) is 8.38 Å². The number of aliphatic imine (C=N–C) groups is 1. The van der Waals surface area contributed by atoms with Gasteiger partial charge in [-0.2, -0.15) is 0 Å². The molecule has 22 heavy (non-hydrogen) atoms.